The molecule has 130 valence electrons. The number of anilines is 1. The number of ether oxygens (including phenoxy) is 1. The highest BCUT2D eigenvalue weighted by atomic mass is 35.5. The summed E-state index contributed by atoms with van der Waals surface area (Å²) in [5, 5.41) is 3.92. The lowest BCUT2D eigenvalue weighted by atomic mass is 10.2. The Morgan fingerprint density at radius 2 is 1.68 bits per heavy atom. The summed E-state index contributed by atoms with van der Waals surface area (Å²) in [6, 6.07) is 9.64. The molecule has 1 amide bonds. The zero-order chi connectivity index (χ0) is 18.4. The van der Waals surface area contributed by atoms with Gasteiger partial charge in [0.1, 0.15) is 0 Å². The second-order valence-corrected chi connectivity index (χ2v) is 6.41. The van der Waals surface area contributed by atoms with E-state index < -0.39 is 18.5 Å². The summed E-state index contributed by atoms with van der Waals surface area (Å²) in [4.78, 5) is 23.5. The Bertz CT molecular complexity index is 816. The van der Waals surface area contributed by atoms with Crippen molar-refractivity contribution in [3.63, 3.8) is 0 Å². The lowest BCUT2D eigenvalue weighted by Gasteiger charge is -2.08. The Kier molecular flexibility index (Phi) is 7.14. The summed E-state index contributed by atoms with van der Waals surface area (Å²) >= 11 is 23.7. The standard InChI is InChI=1S/C17H11Cl4NO3/c18-11-6-4-10(14(21)8-11)5-7-16(24)25-9-15(23)22-17-12(19)2-1-3-13(17)20/h1-8H,9H2,(H,22,23)/b7-5+. The molecule has 0 radical (unpaired) electrons. The Hall–Kier alpha value is -1.72. The highest BCUT2D eigenvalue weighted by Crippen LogP contribution is 2.29. The predicted octanol–water partition coefficient (Wildman–Crippen LogP) is 5.50. The number of carbonyl (C=O) groups is 2. The summed E-state index contributed by atoms with van der Waals surface area (Å²) in [6.45, 7) is -0.487. The maximum Gasteiger partial charge on any atom is 0.331 e. The molecule has 0 aromatic heterocycles. The number of para-hydroxylation sites is 1. The molecule has 0 atom stereocenters. The number of hydrogen-bond acceptors (Lipinski definition) is 3. The molecule has 25 heavy (non-hydrogen) atoms. The highest BCUT2D eigenvalue weighted by molar-refractivity contribution is 6.39. The molecule has 4 nitrogen and oxygen atoms in total. The first kappa shape index (κ1) is 19.6. The van der Waals surface area contributed by atoms with Crippen LogP contribution in [0.25, 0.3) is 6.08 Å². The molecular formula is C17H11Cl4NO3. The summed E-state index contributed by atoms with van der Waals surface area (Å²) < 4.78 is 4.85. The smallest absolute Gasteiger partial charge is 0.331 e. The van der Waals surface area contributed by atoms with E-state index in [1.807, 2.05) is 0 Å². The van der Waals surface area contributed by atoms with Crippen LogP contribution in [-0.4, -0.2) is 18.5 Å². The molecule has 0 fully saturated rings. The van der Waals surface area contributed by atoms with E-state index in [-0.39, 0.29) is 15.7 Å². The van der Waals surface area contributed by atoms with Gasteiger partial charge < -0.3 is 10.1 Å². The molecule has 0 spiro atoms. The third-order valence-electron chi connectivity index (χ3n) is 2.93. The Labute approximate surface area is 164 Å². The number of halogens is 4. The van der Waals surface area contributed by atoms with Crippen LogP contribution in [0.3, 0.4) is 0 Å². The van der Waals surface area contributed by atoms with Crippen LogP contribution in [0.2, 0.25) is 20.1 Å². The van der Waals surface area contributed by atoms with Gasteiger partial charge in [-0.05, 0) is 35.9 Å². The van der Waals surface area contributed by atoms with Crippen LogP contribution in [-0.2, 0) is 14.3 Å². The number of hydrogen-bond donors (Lipinski definition) is 1. The molecule has 0 bridgehead atoms. The maximum atomic E-state index is 11.8. The predicted molar refractivity (Wildman–Crippen MR) is 102 cm³/mol. The van der Waals surface area contributed by atoms with Gasteiger partial charge in [-0.2, -0.15) is 0 Å². The summed E-state index contributed by atoms with van der Waals surface area (Å²) in [6.07, 6.45) is 2.62. The van der Waals surface area contributed by atoms with Gasteiger partial charge >= 0.3 is 5.97 Å². The van der Waals surface area contributed by atoms with Gasteiger partial charge in [0.2, 0.25) is 0 Å². The molecule has 1 N–H and O–H groups in total. The van der Waals surface area contributed by atoms with Crippen LogP contribution >= 0.6 is 46.4 Å². The molecule has 0 unspecified atom stereocenters. The highest BCUT2D eigenvalue weighted by Gasteiger charge is 2.11. The van der Waals surface area contributed by atoms with Crippen molar-refractivity contribution in [3.8, 4) is 0 Å². The van der Waals surface area contributed by atoms with E-state index in [2.05, 4.69) is 5.32 Å². The fourth-order valence-electron chi connectivity index (χ4n) is 1.77. The van der Waals surface area contributed by atoms with Crippen molar-refractivity contribution in [2.75, 3.05) is 11.9 Å². The third-order valence-corrected chi connectivity index (χ3v) is 4.13. The fraction of sp³-hybridized carbons (Fsp3) is 0.0588. The summed E-state index contributed by atoms with van der Waals surface area (Å²) in [5.74, 6) is -1.27. The average molecular weight is 419 g/mol. The van der Waals surface area contributed by atoms with Gasteiger partial charge in [0.05, 0.1) is 15.7 Å². The molecule has 0 saturated carbocycles. The Balaban J connectivity index is 1.89. The second kappa shape index (κ2) is 9.11. The van der Waals surface area contributed by atoms with Crippen molar-refractivity contribution in [3.05, 3.63) is 68.1 Å². The maximum absolute atomic E-state index is 11.8. The van der Waals surface area contributed by atoms with Crippen molar-refractivity contribution in [1.82, 2.24) is 0 Å². The van der Waals surface area contributed by atoms with E-state index in [9.17, 15) is 9.59 Å². The van der Waals surface area contributed by atoms with E-state index in [0.29, 0.717) is 15.6 Å². The van der Waals surface area contributed by atoms with E-state index in [1.54, 1.807) is 36.4 Å². The minimum Gasteiger partial charge on any atom is -0.452 e. The van der Waals surface area contributed by atoms with E-state index in [1.165, 1.54) is 6.08 Å². The second-order valence-electron chi connectivity index (χ2n) is 4.75. The first-order chi connectivity index (χ1) is 11.9. The van der Waals surface area contributed by atoms with Crippen molar-refractivity contribution in [2.45, 2.75) is 0 Å². The quantitative estimate of drug-likeness (QED) is 0.515. The van der Waals surface area contributed by atoms with E-state index in [4.69, 9.17) is 51.1 Å². The lowest BCUT2D eigenvalue weighted by molar-refractivity contribution is -0.142. The number of esters is 1. The van der Waals surface area contributed by atoms with Gasteiger partial charge in [-0.1, -0.05) is 58.5 Å². The number of amides is 1. The average Bonchev–Trinajstić information content (AvgIpc) is 2.55. The zero-order valence-corrected chi connectivity index (χ0v) is 15.6. The normalized spacial score (nSPS) is 10.7. The molecule has 0 aliphatic rings. The molecule has 2 aromatic rings. The molecule has 0 heterocycles. The van der Waals surface area contributed by atoms with Gasteiger partial charge in [0, 0.05) is 16.1 Å². The van der Waals surface area contributed by atoms with E-state index in [0.717, 1.165) is 6.08 Å². The van der Waals surface area contributed by atoms with Crippen LogP contribution in [0.1, 0.15) is 5.56 Å². The van der Waals surface area contributed by atoms with Gasteiger partial charge in [0.25, 0.3) is 5.91 Å². The van der Waals surface area contributed by atoms with Crippen molar-refractivity contribution in [1.29, 1.82) is 0 Å². The minimum atomic E-state index is -0.702. The van der Waals surface area contributed by atoms with Crippen LogP contribution < -0.4 is 5.32 Å². The topological polar surface area (TPSA) is 55.4 Å². The van der Waals surface area contributed by atoms with Gasteiger partial charge in [-0.15, -0.1) is 0 Å². The van der Waals surface area contributed by atoms with Crippen LogP contribution in [0, 0.1) is 0 Å². The first-order valence-corrected chi connectivity index (χ1v) is 8.42. The molecule has 8 heteroatoms. The van der Waals surface area contributed by atoms with Gasteiger partial charge in [-0.25, -0.2) is 4.79 Å². The fourth-order valence-corrected chi connectivity index (χ4v) is 2.74. The molecule has 0 aliphatic heterocycles. The van der Waals surface area contributed by atoms with Crippen molar-refractivity contribution in [2.24, 2.45) is 0 Å². The van der Waals surface area contributed by atoms with Crippen LogP contribution in [0.4, 0.5) is 5.69 Å². The lowest BCUT2D eigenvalue weighted by Crippen LogP contribution is -2.20. The zero-order valence-electron chi connectivity index (χ0n) is 12.6. The van der Waals surface area contributed by atoms with Crippen LogP contribution in [0.15, 0.2) is 42.5 Å². The minimum absolute atomic E-state index is 0.260. The van der Waals surface area contributed by atoms with E-state index >= 15 is 0 Å². The molecule has 2 rings (SSSR count). The molecular weight excluding hydrogens is 408 g/mol. The van der Waals surface area contributed by atoms with Gasteiger partial charge in [0.15, 0.2) is 6.61 Å². The first-order valence-electron chi connectivity index (χ1n) is 6.90. The Morgan fingerprint density at radius 3 is 2.32 bits per heavy atom. The summed E-state index contributed by atoms with van der Waals surface area (Å²) in [5.41, 5.74) is 0.852. The summed E-state index contributed by atoms with van der Waals surface area (Å²) in [7, 11) is 0. The van der Waals surface area contributed by atoms with Crippen molar-refractivity contribution < 1.29 is 14.3 Å². The number of carbonyl (C=O) groups excluding carboxylic acids is 2. The number of benzene rings is 2. The SMILES string of the molecule is O=C(COC(=O)/C=C/c1ccc(Cl)cc1Cl)Nc1c(Cl)cccc1Cl. The number of nitrogens with one attached hydrogen (secondary N) is 1. The largest absolute Gasteiger partial charge is 0.452 e. The van der Waals surface area contributed by atoms with Gasteiger partial charge in [-0.3, -0.25) is 4.79 Å². The van der Waals surface area contributed by atoms with Crippen LogP contribution in [0.5, 0.6) is 0 Å². The molecule has 2 aromatic carbocycles. The number of rotatable bonds is 5. The molecule has 0 saturated heterocycles. The third kappa shape index (κ3) is 5.94. The molecule has 0 aliphatic carbocycles. The van der Waals surface area contributed by atoms with Crippen molar-refractivity contribution >= 4 is 70.0 Å². The monoisotopic (exact) mass is 417 g/mol. The Morgan fingerprint density at radius 1 is 1.00 bits per heavy atom.